The van der Waals surface area contributed by atoms with Crippen molar-refractivity contribution in [3.63, 3.8) is 0 Å². The van der Waals surface area contributed by atoms with E-state index in [2.05, 4.69) is 16.5 Å². The minimum atomic E-state index is 0.672. The second kappa shape index (κ2) is 6.81. The Morgan fingerprint density at radius 1 is 0.793 bits per heavy atom. The summed E-state index contributed by atoms with van der Waals surface area (Å²) in [5, 5.41) is 4.08. The topological polar surface area (TPSA) is 21.1 Å². The van der Waals surface area contributed by atoms with Crippen molar-refractivity contribution < 1.29 is 0 Å². The van der Waals surface area contributed by atoms with Crippen molar-refractivity contribution in [3.05, 3.63) is 75.7 Å². The van der Waals surface area contributed by atoms with Gasteiger partial charge in [-0.3, -0.25) is 0 Å². The first-order chi connectivity index (χ1) is 13.9. The Balaban J connectivity index is 1.96. The quantitative estimate of drug-likeness (QED) is 0.282. The van der Waals surface area contributed by atoms with Gasteiger partial charge >= 0.3 is 0 Å². The van der Waals surface area contributed by atoms with Crippen LogP contribution in [0.1, 0.15) is 0 Å². The van der Waals surface area contributed by atoms with Gasteiger partial charge in [-0.2, -0.15) is 0 Å². The summed E-state index contributed by atoms with van der Waals surface area (Å²) in [6, 6.07) is 19.5. The van der Waals surface area contributed by atoms with Crippen LogP contribution in [-0.4, -0.2) is 16.6 Å². The van der Waals surface area contributed by atoms with E-state index in [9.17, 15) is 0 Å². The van der Waals surface area contributed by atoms with Crippen LogP contribution in [0.25, 0.3) is 32.8 Å². The first-order valence-corrected chi connectivity index (χ1v) is 10.2. The van der Waals surface area contributed by atoms with Crippen LogP contribution in [0, 0.1) is 0 Å². The van der Waals surface area contributed by atoms with Gasteiger partial charge in [0.05, 0.1) is 27.8 Å². The molecular weight excluding hydrogens is 425 g/mol. The average Bonchev–Trinajstić information content (AvgIpc) is 2.98. The molecule has 29 heavy (non-hydrogen) atoms. The third-order valence-corrected chi connectivity index (χ3v) is 6.08. The number of anilines is 2. The summed E-state index contributed by atoms with van der Waals surface area (Å²) in [7, 11) is 4.10. The Morgan fingerprint density at radius 2 is 1.41 bits per heavy atom. The summed E-state index contributed by atoms with van der Waals surface area (Å²) in [4.78, 5) is 7.13. The van der Waals surface area contributed by atoms with E-state index in [0.717, 1.165) is 44.2 Å². The molecule has 5 rings (SSSR count). The molecule has 0 saturated heterocycles. The molecule has 0 bridgehead atoms. The highest BCUT2D eigenvalue weighted by molar-refractivity contribution is 6.33. The normalized spacial score (nSPS) is 11.6. The molecule has 5 aromatic rings. The van der Waals surface area contributed by atoms with Gasteiger partial charge in [0.1, 0.15) is 0 Å². The van der Waals surface area contributed by atoms with Gasteiger partial charge in [0, 0.05) is 45.6 Å². The fourth-order valence-corrected chi connectivity index (χ4v) is 4.43. The number of pyridine rings is 1. The maximum absolute atomic E-state index is 6.36. The highest BCUT2D eigenvalue weighted by Crippen LogP contribution is 2.41. The number of nitrogens with zero attached hydrogens (tertiary/aromatic N) is 3. The van der Waals surface area contributed by atoms with E-state index in [-0.39, 0.29) is 0 Å². The molecule has 0 aliphatic rings. The van der Waals surface area contributed by atoms with Gasteiger partial charge in [0.15, 0.2) is 0 Å². The molecule has 3 aromatic carbocycles. The van der Waals surface area contributed by atoms with E-state index >= 15 is 0 Å². The number of benzene rings is 3. The highest BCUT2D eigenvalue weighted by Gasteiger charge is 2.20. The van der Waals surface area contributed by atoms with Crippen LogP contribution < -0.4 is 4.90 Å². The van der Waals surface area contributed by atoms with Crippen molar-refractivity contribution in [2.75, 3.05) is 11.9 Å². The summed E-state index contributed by atoms with van der Waals surface area (Å²) in [5.74, 6) is 0. The number of halogens is 3. The summed E-state index contributed by atoms with van der Waals surface area (Å²) in [5.41, 5.74) is 5.94. The van der Waals surface area contributed by atoms with Gasteiger partial charge < -0.3 is 9.47 Å². The number of aryl methyl sites for hydroxylation is 1. The molecule has 0 aliphatic carbocycles. The summed E-state index contributed by atoms with van der Waals surface area (Å²) in [6.07, 6.45) is 0. The molecule has 0 atom stereocenters. The zero-order valence-corrected chi connectivity index (χ0v) is 18.0. The molecule has 0 aliphatic heterocycles. The standard InChI is InChI=1S/C23H16Cl3N3/c1-28(16-7-3-13(24)4-8-16)22-17-11-14(25)5-9-19(17)27-21-18-12-15(26)6-10-20(18)29(2)23(21)22/h3-12H,1-2H3. The maximum atomic E-state index is 6.36. The van der Waals surface area contributed by atoms with Gasteiger partial charge in [-0.25, -0.2) is 4.98 Å². The van der Waals surface area contributed by atoms with E-state index in [0.29, 0.717) is 15.1 Å². The monoisotopic (exact) mass is 439 g/mol. The minimum absolute atomic E-state index is 0.672. The molecule has 0 saturated carbocycles. The van der Waals surface area contributed by atoms with Gasteiger partial charge in [0.2, 0.25) is 0 Å². The van der Waals surface area contributed by atoms with Crippen molar-refractivity contribution in [1.29, 1.82) is 0 Å². The molecule has 0 spiro atoms. The first kappa shape index (κ1) is 18.6. The molecule has 2 heterocycles. The zero-order chi connectivity index (χ0) is 20.3. The zero-order valence-electron chi connectivity index (χ0n) is 15.7. The molecule has 3 nitrogen and oxygen atoms in total. The number of fused-ring (bicyclic) bond motifs is 4. The molecule has 144 valence electrons. The first-order valence-electron chi connectivity index (χ1n) is 9.10. The molecule has 6 heteroatoms. The lowest BCUT2D eigenvalue weighted by Crippen LogP contribution is -2.12. The van der Waals surface area contributed by atoms with E-state index in [1.165, 1.54) is 0 Å². The second-order valence-corrected chi connectivity index (χ2v) is 8.38. The molecule has 0 unspecified atom stereocenters. The Labute approximate surface area is 183 Å². The summed E-state index contributed by atoms with van der Waals surface area (Å²) in [6.45, 7) is 0. The van der Waals surface area contributed by atoms with E-state index < -0.39 is 0 Å². The van der Waals surface area contributed by atoms with Crippen molar-refractivity contribution in [2.24, 2.45) is 7.05 Å². The van der Waals surface area contributed by atoms with Crippen LogP contribution in [-0.2, 0) is 7.05 Å². The van der Waals surface area contributed by atoms with Crippen molar-refractivity contribution >= 4 is 79.0 Å². The number of hydrogen-bond acceptors (Lipinski definition) is 2. The summed E-state index contributed by atoms with van der Waals surface area (Å²) < 4.78 is 2.16. The van der Waals surface area contributed by atoms with Crippen LogP contribution in [0.5, 0.6) is 0 Å². The van der Waals surface area contributed by atoms with Crippen LogP contribution >= 0.6 is 34.8 Å². The number of rotatable bonds is 2. The fourth-order valence-electron chi connectivity index (χ4n) is 3.96. The van der Waals surface area contributed by atoms with E-state index in [4.69, 9.17) is 39.8 Å². The smallest absolute Gasteiger partial charge is 0.0989 e. The number of aromatic nitrogens is 2. The van der Waals surface area contributed by atoms with Gasteiger partial charge in [-0.1, -0.05) is 34.8 Å². The van der Waals surface area contributed by atoms with Crippen molar-refractivity contribution in [2.45, 2.75) is 0 Å². The van der Waals surface area contributed by atoms with Gasteiger partial charge in [-0.15, -0.1) is 0 Å². The second-order valence-electron chi connectivity index (χ2n) is 7.08. The van der Waals surface area contributed by atoms with Crippen molar-refractivity contribution in [1.82, 2.24) is 9.55 Å². The molecule has 0 radical (unpaired) electrons. The molecule has 2 aromatic heterocycles. The lowest BCUT2D eigenvalue weighted by atomic mass is 10.1. The Morgan fingerprint density at radius 3 is 2.14 bits per heavy atom. The molecule has 0 N–H and O–H groups in total. The predicted molar refractivity (Wildman–Crippen MR) is 125 cm³/mol. The Hall–Kier alpha value is -2.46. The SMILES string of the molecule is CN(c1ccc(Cl)cc1)c1c2cc(Cl)ccc2nc2c3cc(Cl)ccc3n(C)c12. The third-order valence-electron chi connectivity index (χ3n) is 5.35. The van der Waals surface area contributed by atoms with Gasteiger partial charge in [-0.05, 0) is 60.7 Å². The lowest BCUT2D eigenvalue weighted by molar-refractivity contribution is 1.01. The van der Waals surface area contributed by atoms with Crippen LogP contribution in [0.15, 0.2) is 60.7 Å². The maximum Gasteiger partial charge on any atom is 0.0989 e. The van der Waals surface area contributed by atoms with Crippen LogP contribution in [0.4, 0.5) is 11.4 Å². The summed E-state index contributed by atoms with van der Waals surface area (Å²) >= 11 is 18.8. The predicted octanol–water partition coefficient (Wildman–Crippen LogP) is 7.61. The third kappa shape index (κ3) is 2.93. The Kier molecular flexibility index (Phi) is 4.36. The fraction of sp³-hybridized carbons (Fsp3) is 0.0870. The van der Waals surface area contributed by atoms with Crippen LogP contribution in [0.2, 0.25) is 15.1 Å². The average molecular weight is 441 g/mol. The number of hydrogen-bond donors (Lipinski definition) is 0. The lowest BCUT2D eigenvalue weighted by Gasteiger charge is -2.23. The van der Waals surface area contributed by atoms with E-state index in [1.807, 2.05) is 67.7 Å². The largest absolute Gasteiger partial charge is 0.342 e. The van der Waals surface area contributed by atoms with Crippen LogP contribution in [0.3, 0.4) is 0 Å². The molecule has 0 fully saturated rings. The highest BCUT2D eigenvalue weighted by atomic mass is 35.5. The minimum Gasteiger partial charge on any atom is -0.342 e. The molecular formula is C23H16Cl3N3. The molecule has 0 amide bonds. The van der Waals surface area contributed by atoms with Crippen molar-refractivity contribution in [3.8, 4) is 0 Å². The van der Waals surface area contributed by atoms with Gasteiger partial charge in [0.25, 0.3) is 0 Å². The van der Waals surface area contributed by atoms with E-state index in [1.54, 1.807) is 0 Å². The Bertz CT molecular complexity index is 1400.